The predicted octanol–water partition coefficient (Wildman–Crippen LogP) is 14.9. The van der Waals surface area contributed by atoms with Crippen LogP contribution in [0.4, 0.5) is 14.5 Å². The van der Waals surface area contributed by atoms with Gasteiger partial charge in [-0.15, -0.1) is 0 Å². The number of hydrogen-bond donors (Lipinski definition) is 6. The van der Waals surface area contributed by atoms with Crippen LogP contribution in [0.1, 0.15) is 36.5 Å². The lowest BCUT2D eigenvalue weighted by molar-refractivity contribution is -0.166. The summed E-state index contributed by atoms with van der Waals surface area (Å²) in [5.74, 6) is -0.243. The van der Waals surface area contributed by atoms with Crippen LogP contribution < -0.4 is 49.4 Å². The van der Waals surface area contributed by atoms with Crippen molar-refractivity contribution in [3.63, 3.8) is 0 Å². The summed E-state index contributed by atoms with van der Waals surface area (Å²) in [7, 11) is -18.5. The number of nitrogens with zero attached hydrogens (tertiary/aromatic N) is 8. The van der Waals surface area contributed by atoms with Crippen LogP contribution in [0.3, 0.4) is 0 Å². The number of carbonyl (C=O) groups is 3. The molecular weight excluding hydrogens is 2000 g/mol. The van der Waals surface area contributed by atoms with Crippen LogP contribution in [-0.4, -0.2) is 190 Å². The number of carbonyl (C=O) groups excluding carboxylic acids is 3. The average molecular weight is 2100 g/mol. The van der Waals surface area contributed by atoms with Gasteiger partial charge in [-0.1, -0.05) is 113 Å². The number of sulfonamides is 3. The molecule has 760 valence electrons. The molecule has 0 radical (unpaired) electrons. The highest BCUT2D eigenvalue weighted by atomic mass is 35.5. The molecule has 13 aromatic rings. The molecule has 3 aliphatic rings. The molecule has 0 unspecified atom stereocenters. The molecule has 0 bridgehead atoms. The number of alkyl halides is 2. The summed E-state index contributed by atoms with van der Waals surface area (Å²) in [5.41, 5.74) is 2.35. The minimum Gasteiger partial charge on any atom is -0.503 e. The molecule has 2 atom stereocenters. The number of ether oxygens (including phenoxy) is 6. The van der Waals surface area contributed by atoms with Gasteiger partial charge in [-0.05, 0) is 263 Å². The third kappa shape index (κ3) is 30.0. The van der Waals surface area contributed by atoms with Crippen LogP contribution in [0.25, 0.3) is 11.1 Å². The van der Waals surface area contributed by atoms with Crippen molar-refractivity contribution in [2.24, 2.45) is 0 Å². The second-order valence-electron chi connectivity index (χ2n) is 32.5. The number of likely N-dealkylation sites (N-methyl/N-ethyl adjacent to an activating group) is 1. The molecule has 1 fully saturated rings. The summed E-state index contributed by atoms with van der Waals surface area (Å²) < 4.78 is 192. The van der Waals surface area contributed by atoms with Gasteiger partial charge in [0.2, 0.25) is 26.0 Å². The molecule has 1 saturated heterocycles. The fourth-order valence-corrected chi connectivity index (χ4v) is 20.4. The van der Waals surface area contributed by atoms with Gasteiger partial charge in [0.05, 0.1) is 50.8 Å². The number of nitrogens with one attached hydrogen (secondary N) is 1. The Bertz CT molecular complexity index is 7590. The molecule has 0 aliphatic carbocycles. The minimum absolute atomic E-state index is 0.0176. The van der Waals surface area contributed by atoms with E-state index in [1.807, 2.05) is 81.4 Å². The van der Waals surface area contributed by atoms with E-state index in [1.165, 1.54) is 182 Å². The van der Waals surface area contributed by atoms with Gasteiger partial charge < -0.3 is 48.7 Å². The van der Waals surface area contributed by atoms with Gasteiger partial charge in [-0.25, -0.2) is 52.2 Å². The number of hydrogen-bond acceptors (Lipinski definition) is 27. The number of aryl methyl sites for hydroxylation is 3. The highest BCUT2D eigenvalue weighted by Crippen LogP contribution is 2.34. The molecule has 3 amide bonds. The fourth-order valence-electron chi connectivity index (χ4n) is 13.8. The Kier molecular flexibility index (Phi) is 36.2. The molecule has 36 nitrogen and oxygen atoms in total. The second kappa shape index (κ2) is 48.3. The summed E-state index contributed by atoms with van der Waals surface area (Å²) in [6, 6.07) is 70.2. The fraction of sp³-hybridized carbons (Fsp3) is 0.188. The Morgan fingerprint density at radius 2 is 0.793 bits per heavy atom. The number of sulfone groups is 2. The lowest BCUT2D eigenvalue weighted by atomic mass is 10.0. The molecule has 0 saturated carbocycles. The lowest BCUT2D eigenvalue weighted by Gasteiger charge is -2.30. The summed E-state index contributed by atoms with van der Waals surface area (Å²) in [6.07, 6.45) is 7.30. The SMILES string of the molecule is CC(F)(F)Oc1ccc(Oc2ccc(S(=O)(=O)Cn3cccc(O)c3=O)cc2)cc1.CN([C@@H]1CC=CCN(O)C1=O)S(=O)(=O)c1ccc(Oc2ccc(Cl)cc2)cc1.Cc1ccc(-c2ccc(S(=O)(=O)N[C@@H]3CC=CCN(O)C3=O)cc2)cc1.Cc1ccc(Oc2ccc(S(=O)(=O)Cn3cccc(O)c3=O)cc2)cc1.Cc1ccc(Oc2ccc(S(=O)(=O)N(CC(=O)N3CCOCC3)c3cccn(O)c3=O)cc2)cc1. The Hall–Kier alpha value is -15.2. The van der Waals surface area contributed by atoms with Crippen LogP contribution in [0, 0.1) is 20.8 Å². The quantitative estimate of drug-likeness (QED) is 0.0151. The topological polar surface area (TPSA) is 473 Å². The van der Waals surface area contributed by atoms with Crippen molar-refractivity contribution >= 4 is 84.8 Å². The zero-order valence-electron chi connectivity index (χ0n) is 78.0. The van der Waals surface area contributed by atoms with E-state index in [2.05, 4.69) is 9.46 Å². The third-order valence-corrected chi connectivity index (χ3v) is 30.2. The molecule has 44 heteroatoms. The van der Waals surface area contributed by atoms with E-state index in [9.17, 15) is 105 Å². The van der Waals surface area contributed by atoms with E-state index >= 15 is 0 Å². The number of anilines is 1. The van der Waals surface area contributed by atoms with Crippen LogP contribution >= 0.6 is 11.6 Å². The predicted molar refractivity (Wildman–Crippen MR) is 530 cm³/mol. The first-order chi connectivity index (χ1) is 68.8. The van der Waals surface area contributed by atoms with Gasteiger partial charge in [-0.3, -0.25) is 52.6 Å². The monoisotopic (exact) mass is 2100 g/mol. The molecule has 10 aromatic carbocycles. The number of aromatic hydroxyl groups is 2. The second-order valence-corrected chi connectivity index (χ2v) is 42.4. The first-order valence-corrected chi connectivity index (χ1v) is 52.0. The first kappa shape index (κ1) is 109. The Labute approximate surface area is 838 Å². The van der Waals surface area contributed by atoms with Crippen LogP contribution in [-0.2, 0) is 80.6 Å². The van der Waals surface area contributed by atoms with E-state index in [0.717, 1.165) is 51.8 Å². The minimum atomic E-state index is -4.35. The van der Waals surface area contributed by atoms with Gasteiger partial charge in [0.1, 0.15) is 87.8 Å². The van der Waals surface area contributed by atoms with Crippen LogP contribution in [0.5, 0.6) is 63.2 Å². The number of rotatable bonds is 28. The largest absolute Gasteiger partial charge is 0.503 e. The van der Waals surface area contributed by atoms with E-state index in [1.54, 1.807) is 85.0 Å². The molecule has 0 spiro atoms. The van der Waals surface area contributed by atoms with Crippen LogP contribution in [0.15, 0.2) is 361 Å². The van der Waals surface area contributed by atoms with Gasteiger partial charge >= 0.3 is 11.7 Å². The van der Waals surface area contributed by atoms with Crippen molar-refractivity contribution in [3.8, 4) is 74.4 Å². The van der Waals surface area contributed by atoms with E-state index in [0.29, 0.717) is 94.4 Å². The van der Waals surface area contributed by atoms with Crippen molar-refractivity contribution in [3.05, 3.63) is 375 Å². The maximum absolute atomic E-state index is 13.6. The van der Waals surface area contributed by atoms with Crippen LogP contribution in [0.2, 0.25) is 5.02 Å². The highest BCUT2D eigenvalue weighted by Gasteiger charge is 2.37. The molecule has 6 heterocycles. The average Bonchev–Trinajstić information content (AvgIpc) is 1.59. The van der Waals surface area contributed by atoms with Crippen molar-refractivity contribution in [2.45, 2.75) is 95.0 Å². The molecule has 3 aliphatic heterocycles. The van der Waals surface area contributed by atoms with Crippen molar-refractivity contribution in [2.75, 3.05) is 57.3 Å². The van der Waals surface area contributed by atoms with Gasteiger partial charge in [-0.2, -0.15) is 22.5 Å². The van der Waals surface area contributed by atoms with Crippen molar-refractivity contribution in [1.82, 2.24) is 37.9 Å². The number of amides is 3. The smallest absolute Gasteiger partial charge is 0.394 e. The van der Waals surface area contributed by atoms with Gasteiger partial charge in [0.25, 0.3) is 33.0 Å². The number of aromatic nitrogens is 3. The van der Waals surface area contributed by atoms with Gasteiger partial charge in [0, 0.05) is 50.7 Å². The molecule has 3 aromatic heterocycles. The molecule has 6 N–H and O–H groups in total. The maximum Gasteiger partial charge on any atom is 0.394 e. The summed E-state index contributed by atoms with van der Waals surface area (Å²) in [5, 5.41) is 49.5. The van der Waals surface area contributed by atoms with E-state index in [4.69, 9.17) is 35.3 Å². The van der Waals surface area contributed by atoms with Crippen molar-refractivity contribution < 1.29 is 120 Å². The number of morpholine rings is 1. The standard InChI is InChI=1S/C24H25N3O7S.C20H17F2NO6S.C19H19ClN2O5S.C19H20N2O4S.C19H17NO5S/c1-18-4-6-19(7-5-18)34-20-8-10-21(11-9-20)35(31,32)27(22-3-2-12-26(30)24(22)29)17-23(28)25-13-15-33-16-14-25;1-20(21,22)29-16-6-4-14(5-7-16)28-15-8-10-17(11-9-15)30(26,27)13-23-12-2-3-18(24)19(23)25;1-21(18-4-2-3-13-22(24)19(18)23)28(25,26)17-11-9-16(10-12-17)27-15-7-5-14(20)6-8-15;1-14-5-7-15(8-6-14)16-9-11-17(12-10-16)26(24,25)20-18-4-2-3-13-21(23)19(18)22;1-14-4-6-15(7-5-14)25-16-8-10-17(11-9-16)26(23,24)13-20-12-2-3-18(21)19(20)22/h2-12,30H,13-17H2,1H3;2-12,24H,13H2,1H3;2-3,5-12,18,24H,4,13H2,1H3;2-3,5-12,18,20,23H,4,13H2,1H3;2-12,21H,13H2,1H3/t;;2*18-;/m..11./s1. The highest BCUT2D eigenvalue weighted by molar-refractivity contribution is 7.93. The number of pyridine rings is 3. The van der Waals surface area contributed by atoms with Gasteiger partial charge in [0.15, 0.2) is 31.2 Å². The summed E-state index contributed by atoms with van der Waals surface area (Å²) >= 11 is 5.84. The molecular formula is C101H98ClF2N9O27S5. The molecule has 145 heavy (non-hydrogen) atoms. The maximum atomic E-state index is 13.6. The number of halogens is 3. The zero-order chi connectivity index (χ0) is 105. The third-order valence-electron chi connectivity index (χ3n) is 21.6. The van der Waals surface area contributed by atoms with E-state index in [-0.39, 0.29) is 66.6 Å². The number of hydroxylamine groups is 4. The first-order valence-electron chi connectivity index (χ1n) is 44.0. The zero-order valence-corrected chi connectivity index (χ0v) is 82.8. The van der Waals surface area contributed by atoms with Crippen molar-refractivity contribution in [1.29, 1.82) is 0 Å². The molecule has 16 rings (SSSR count). The Morgan fingerprint density at radius 1 is 0.441 bits per heavy atom. The normalized spacial score (nSPS) is 14.5. The Balaban J connectivity index is 0.000000162. The number of benzene rings is 10. The summed E-state index contributed by atoms with van der Waals surface area (Å²) in [4.78, 5) is 74.8. The van der Waals surface area contributed by atoms with E-state index < -0.39 is 132 Å². The lowest BCUT2D eigenvalue weighted by Crippen LogP contribution is -2.48. The summed E-state index contributed by atoms with van der Waals surface area (Å²) in [6.45, 7) is 7.34. The Morgan fingerprint density at radius 3 is 1.22 bits per heavy atom.